The van der Waals surface area contributed by atoms with Crippen molar-refractivity contribution in [3.8, 4) is 5.75 Å². The third kappa shape index (κ3) is 5.99. The van der Waals surface area contributed by atoms with Crippen LogP contribution in [-0.4, -0.2) is 12.6 Å². The van der Waals surface area contributed by atoms with Gasteiger partial charge in [0.05, 0.1) is 11.7 Å². The van der Waals surface area contributed by atoms with Gasteiger partial charge in [-0.3, -0.25) is 0 Å². The zero-order valence-electron chi connectivity index (χ0n) is 16.2. The van der Waals surface area contributed by atoms with Crippen LogP contribution < -0.4 is 10.1 Å². The summed E-state index contributed by atoms with van der Waals surface area (Å²) in [7, 11) is 0. The van der Waals surface area contributed by atoms with Crippen LogP contribution in [0.25, 0.3) is 0 Å². The fourth-order valence-electron chi connectivity index (χ4n) is 3.95. The second-order valence-electron chi connectivity index (χ2n) is 7.79. The van der Waals surface area contributed by atoms with Crippen molar-refractivity contribution < 1.29 is 17.9 Å². The largest absolute Gasteiger partial charge is 0.490 e. The van der Waals surface area contributed by atoms with Gasteiger partial charge in [-0.25, -0.2) is 0 Å². The first-order valence-electron chi connectivity index (χ1n) is 10.0. The molecule has 1 fully saturated rings. The van der Waals surface area contributed by atoms with E-state index >= 15 is 0 Å². The predicted octanol–water partition coefficient (Wildman–Crippen LogP) is 6.07. The topological polar surface area (TPSA) is 21.3 Å². The summed E-state index contributed by atoms with van der Waals surface area (Å²) >= 11 is 0. The van der Waals surface area contributed by atoms with E-state index in [1.807, 2.05) is 18.2 Å². The molecule has 2 aromatic rings. The van der Waals surface area contributed by atoms with Crippen molar-refractivity contribution in [1.29, 1.82) is 0 Å². The number of hydrogen-bond donors (Lipinski definition) is 1. The predicted molar refractivity (Wildman–Crippen MR) is 105 cm³/mol. The maximum absolute atomic E-state index is 12.9. The molecule has 0 heterocycles. The molecule has 28 heavy (non-hydrogen) atoms. The molecule has 0 aromatic heterocycles. The van der Waals surface area contributed by atoms with E-state index in [1.165, 1.54) is 11.6 Å². The Hall–Kier alpha value is -2.01. The average Bonchev–Trinajstić information content (AvgIpc) is 2.68. The third-order valence-electron chi connectivity index (χ3n) is 5.57. The average molecular weight is 391 g/mol. The van der Waals surface area contributed by atoms with Crippen LogP contribution in [0.5, 0.6) is 5.75 Å². The molecular formula is C23H28F3NO. The molecule has 2 nitrogen and oxygen atoms in total. The number of ether oxygens (including phenoxy) is 1. The molecule has 5 heteroatoms. The van der Waals surface area contributed by atoms with Crippen molar-refractivity contribution in [2.75, 3.05) is 6.54 Å². The minimum Gasteiger partial charge on any atom is -0.490 e. The smallest absolute Gasteiger partial charge is 0.416 e. The maximum atomic E-state index is 12.9. The van der Waals surface area contributed by atoms with Gasteiger partial charge in [-0.1, -0.05) is 43.3 Å². The highest BCUT2D eigenvalue weighted by molar-refractivity contribution is 5.30. The Balaban J connectivity index is 1.49. The van der Waals surface area contributed by atoms with Crippen molar-refractivity contribution in [2.45, 2.75) is 51.4 Å². The van der Waals surface area contributed by atoms with Crippen LogP contribution in [0.2, 0.25) is 0 Å². The molecule has 0 saturated heterocycles. The molecule has 0 spiro atoms. The zero-order chi connectivity index (χ0) is 20.0. The molecule has 0 radical (unpaired) electrons. The quantitative estimate of drug-likeness (QED) is 0.619. The van der Waals surface area contributed by atoms with Gasteiger partial charge in [0.25, 0.3) is 0 Å². The van der Waals surface area contributed by atoms with E-state index in [-0.39, 0.29) is 6.10 Å². The summed E-state index contributed by atoms with van der Waals surface area (Å²) in [6, 6.07) is 15.5. The first-order chi connectivity index (χ1) is 13.4. The van der Waals surface area contributed by atoms with Gasteiger partial charge < -0.3 is 10.1 Å². The Morgan fingerprint density at radius 1 is 1.07 bits per heavy atom. The number of halogens is 3. The van der Waals surface area contributed by atoms with E-state index < -0.39 is 11.7 Å². The van der Waals surface area contributed by atoms with E-state index in [9.17, 15) is 13.2 Å². The molecule has 152 valence electrons. The highest BCUT2D eigenvalue weighted by Gasteiger charge is 2.31. The van der Waals surface area contributed by atoms with Crippen molar-refractivity contribution in [3.63, 3.8) is 0 Å². The highest BCUT2D eigenvalue weighted by Crippen LogP contribution is 2.35. The third-order valence-corrected chi connectivity index (χ3v) is 5.57. The number of nitrogens with one attached hydrogen (secondary N) is 1. The standard InChI is InChI=1S/C23H28F3NO/c1-17(15-27-16-18-7-3-2-4-8-18)19-9-5-11-21(13-19)28-22-12-6-10-20(14-22)23(24,25)26/h2-4,6-8,10,12,14,17,19,21,27H,5,9,11,13,15-16H2,1H3/t17?,19-,21+/m0/s1. The minimum absolute atomic E-state index is 0.0150. The molecule has 3 rings (SSSR count). The lowest BCUT2D eigenvalue weighted by Gasteiger charge is -2.33. The number of alkyl halides is 3. The van der Waals surface area contributed by atoms with Gasteiger partial charge in [-0.15, -0.1) is 0 Å². The van der Waals surface area contributed by atoms with E-state index in [4.69, 9.17) is 4.74 Å². The van der Waals surface area contributed by atoms with Gasteiger partial charge in [0.15, 0.2) is 0 Å². The summed E-state index contributed by atoms with van der Waals surface area (Å²) in [6.07, 6.45) is -0.360. The van der Waals surface area contributed by atoms with E-state index in [0.29, 0.717) is 17.6 Å². The van der Waals surface area contributed by atoms with Crippen molar-refractivity contribution >= 4 is 0 Å². The van der Waals surface area contributed by atoms with E-state index in [0.717, 1.165) is 50.9 Å². The summed E-state index contributed by atoms with van der Waals surface area (Å²) < 4.78 is 44.6. The molecule has 1 aliphatic carbocycles. The Labute approximate surface area is 165 Å². The summed E-state index contributed by atoms with van der Waals surface area (Å²) in [5.41, 5.74) is 0.611. The molecule has 1 unspecified atom stereocenters. The van der Waals surface area contributed by atoms with Crippen LogP contribution in [-0.2, 0) is 12.7 Å². The second kappa shape index (κ2) is 9.46. The monoisotopic (exact) mass is 391 g/mol. The number of hydrogen-bond acceptors (Lipinski definition) is 2. The Bertz CT molecular complexity index is 732. The summed E-state index contributed by atoms with van der Waals surface area (Å²) in [5.74, 6) is 1.33. The van der Waals surface area contributed by atoms with Gasteiger partial charge in [-0.2, -0.15) is 13.2 Å². The summed E-state index contributed by atoms with van der Waals surface area (Å²) in [5, 5.41) is 3.52. The van der Waals surface area contributed by atoms with Crippen LogP contribution in [0.3, 0.4) is 0 Å². The molecule has 1 N–H and O–H groups in total. The van der Waals surface area contributed by atoms with Crippen molar-refractivity contribution in [2.24, 2.45) is 11.8 Å². The lowest BCUT2D eigenvalue weighted by atomic mass is 9.79. The van der Waals surface area contributed by atoms with Gasteiger partial charge in [-0.05, 0) is 67.8 Å². The summed E-state index contributed by atoms with van der Waals surface area (Å²) in [6.45, 7) is 4.02. The van der Waals surface area contributed by atoms with Crippen LogP contribution in [0.15, 0.2) is 54.6 Å². The highest BCUT2D eigenvalue weighted by atomic mass is 19.4. The van der Waals surface area contributed by atoms with Crippen molar-refractivity contribution in [1.82, 2.24) is 5.32 Å². The van der Waals surface area contributed by atoms with Gasteiger partial charge in [0, 0.05) is 6.54 Å². The normalized spacial score (nSPS) is 21.3. The van der Waals surface area contributed by atoms with Crippen LogP contribution in [0.1, 0.15) is 43.7 Å². The molecule has 1 aliphatic rings. The SMILES string of the molecule is CC(CNCc1ccccc1)[C@H]1CCC[C@@H](Oc2cccc(C(F)(F)F)c2)C1. The molecule has 2 aromatic carbocycles. The second-order valence-corrected chi connectivity index (χ2v) is 7.79. The number of benzene rings is 2. The van der Waals surface area contributed by atoms with Crippen LogP contribution in [0, 0.1) is 11.8 Å². The van der Waals surface area contributed by atoms with Gasteiger partial charge in [0.2, 0.25) is 0 Å². The molecular weight excluding hydrogens is 363 g/mol. The Morgan fingerprint density at radius 2 is 1.86 bits per heavy atom. The first-order valence-corrected chi connectivity index (χ1v) is 10.0. The van der Waals surface area contributed by atoms with Gasteiger partial charge >= 0.3 is 6.18 Å². The lowest BCUT2D eigenvalue weighted by molar-refractivity contribution is -0.137. The maximum Gasteiger partial charge on any atom is 0.416 e. The zero-order valence-corrected chi connectivity index (χ0v) is 16.2. The lowest BCUT2D eigenvalue weighted by Crippen LogP contribution is -2.33. The van der Waals surface area contributed by atoms with E-state index in [1.54, 1.807) is 6.07 Å². The Morgan fingerprint density at radius 3 is 2.61 bits per heavy atom. The number of rotatable bonds is 7. The van der Waals surface area contributed by atoms with Crippen molar-refractivity contribution in [3.05, 3.63) is 65.7 Å². The molecule has 3 atom stereocenters. The van der Waals surface area contributed by atoms with Crippen LogP contribution in [0.4, 0.5) is 13.2 Å². The van der Waals surface area contributed by atoms with E-state index in [2.05, 4.69) is 24.4 Å². The van der Waals surface area contributed by atoms with Crippen LogP contribution >= 0.6 is 0 Å². The molecule has 0 amide bonds. The fourth-order valence-corrected chi connectivity index (χ4v) is 3.95. The summed E-state index contributed by atoms with van der Waals surface area (Å²) in [4.78, 5) is 0. The molecule has 0 bridgehead atoms. The first kappa shape index (κ1) is 20.7. The molecule has 0 aliphatic heterocycles. The minimum atomic E-state index is -4.34. The fraction of sp³-hybridized carbons (Fsp3) is 0.478. The Kier molecular flexibility index (Phi) is 7.00. The van der Waals surface area contributed by atoms with Gasteiger partial charge in [0.1, 0.15) is 5.75 Å². The molecule has 1 saturated carbocycles.